The van der Waals surface area contributed by atoms with Crippen LogP contribution in [0.3, 0.4) is 0 Å². The molecule has 3 heterocycles. The lowest BCUT2D eigenvalue weighted by Gasteiger charge is -2.36. The van der Waals surface area contributed by atoms with Crippen molar-refractivity contribution in [3.8, 4) is 0 Å². The summed E-state index contributed by atoms with van der Waals surface area (Å²) in [5.74, 6) is 0.804. The summed E-state index contributed by atoms with van der Waals surface area (Å²) in [6, 6.07) is 9.24. The van der Waals surface area contributed by atoms with Crippen LogP contribution in [0.25, 0.3) is 0 Å². The number of alkyl halides is 3. The summed E-state index contributed by atoms with van der Waals surface area (Å²) >= 11 is 0. The van der Waals surface area contributed by atoms with E-state index in [1.807, 2.05) is 17.0 Å². The first kappa shape index (κ1) is 23.4. The smallest absolute Gasteiger partial charge is 0.369 e. The van der Waals surface area contributed by atoms with Crippen molar-refractivity contribution in [3.05, 3.63) is 53.7 Å². The highest BCUT2D eigenvalue weighted by Crippen LogP contribution is 2.31. The van der Waals surface area contributed by atoms with Crippen LogP contribution in [0.2, 0.25) is 0 Å². The highest BCUT2D eigenvalue weighted by atomic mass is 19.4. The van der Waals surface area contributed by atoms with Crippen LogP contribution in [0.1, 0.15) is 35.2 Å². The van der Waals surface area contributed by atoms with E-state index in [4.69, 9.17) is 0 Å². The van der Waals surface area contributed by atoms with Crippen molar-refractivity contribution in [2.75, 3.05) is 62.2 Å². The fourth-order valence-corrected chi connectivity index (χ4v) is 4.37. The average Bonchev–Trinajstić information content (AvgIpc) is 3.37. The third-order valence-electron chi connectivity index (χ3n) is 6.29. The number of hydrogen-bond donors (Lipinski definition) is 1. The predicted octanol–water partition coefficient (Wildman–Crippen LogP) is 3.64. The van der Waals surface area contributed by atoms with Gasteiger partial charge in [-0.05, 0) is 56.1 Å². The highest BCUT2D eigenvalue weighted by molar-refractivity contribution is 5.94. The van der Waals surface area contributed by atoms with E-state index >= 15 is 0 Å². The number of nitrogens with zero attached hydrogens (tertiary/aromatic N) is 4. The molecule has 2 aliphatic heterocycles. The lowest BCUT2D eigenvalue weighted by Crippen LogP contribution is -2.47. The summed E-state index contributed by atoms with van der Waals surface area (Å²) in [6.07, 6.45) is 0.493. The number of amides is 1. The molecule has 2 aliphatic rings. The molecular weight excluding hydrogens is 431 g/mol. The first-order valence-corrected chi connectivity index (χ1v) is 11.5. The number of halogens is 3. The van der Waals surface area contributed by atoms with Gasteiger partial charge in [-0.1, -0.05) is 6.07 Å². The molecule has 1 N–H and O–H groups in total. The molecule has 2 fully saturated rings. The molecule has 1 aromatic heterocycles. The summed E-state index contributed by atoms with van der Waals surface area (Å²) in [4.78, 5) is 23.3. The summed E-state index contributed by atoms with van der Waals surface area (Å²) in [7, 11) is 0. The second-order valence-electron chi connectivity index (χ2n) is 8.59. The zero-order valence-electron chi connectivity index (χ0n) is 18.7. The molecule has 2 saturated heterocycles. The van der Waals surface area contributed by atoms with Gasteiger partial charge in [0.15, 0.2) is 0 Å². The number of anilines is 2. The number of benzene rings is 1. The summed E-state index contributed by atoms with van der Waals surface area (Å²) < 4.78 is 38.9. The zero-order valence-corrected chi connectivity index (χ0v) is 18.7. The van der Waals surface area contributed by atoms with Gasteiger partial charge in [0.1, 0.15) is 5.82 Å². The van der Waals surface area contributed by atoms with E-state index in [-0.39, 0.29) is 5.91 Å². The predicted molar refractivity (Wildman–Crippen MR) is 123 cm³/mol. The molecule has 9 heteroatoms. The molecule has 0 radical (unpaired) electrons. The third-order valence-corrected chi connectivity index (χ3v) is 6.29. The average molecular weight is 462 g/mol. The summed E-state index contributed by atoms with van der Waals surface area (Å²) in [5, 5.41) is 2.95. The Kier molecular flexibility index (Phi) is 7.37. The molecule has 33 heavy (non-hydrogen) atoms. The monoisotopic (exact) mass is 461 g/mol. The number of hydrogen-bond acceptors (Lipinski definition) is 5. The van der Waals surface area contributed by atoms with Gasteiger partial charge in [-0.3, -0.25) is 9.69 Å². The van der Waals surface area contributed by atoms with Crippen LogP contribution in [-0.2, 0) is 6.18 Å². The highest BCUT2D eigenvalue weighted by Gasteiger charge is 2.31. The van der Waals surface area contributed by atoms with Crippen LogP contribution in [0, 0.1) is 0 Å². The van der Waals surface area contributed by atoms with Gasteiger partial charge in [-0.25, -0.2) is 4.98 Å². The standard InChI is InChI=1S/C24H30F3N5O/c25-24(26,27)20-5-3-6-21(17-20)31-15-13-30(14-16-31)10-4-9-28-23(33)19-7-8-22(29-18-19)32-11-1-2-12-32/h3,5-8,17-18H,1-2,4,9-16H2,(H,28,33). The van der Waals surface area contributed by atoms with Gasteiger partial charge in [0.2, 0.25) is 0 Å². The molecule has 178 valence electrons. The third kappa shape index (κ3) is 6.16. The number of carbonyl (C=O) groups excluding carboxylic acids is 1. The van der Waals surface area contributed by atoms with E-state index in [9.17, 15) is 18.0 Å². The van der Waals surface area contributed by atoms with Crippen LogP contribution >= 0.6 is 0 Å². The number of rotatable bonds is 7. The van der Waals surface area contributed by atoms with Crippen LogP contribution in [-0.4, -0.2) is 68.1 Å². The normalized spacial score (nSPS) is 17.4. The molecule has 0 bridgehead atoms. The molecule has 0 saturated carbocycles. The number of piperazine rings is 1. The number of pyridine rings is 1. The molecule has 4 rings (SSSR count). The Morgan fingerprint density at radius 2 is 1.73 bits per heavy atom. The number of aromatic nitrogens is 1. The maximum Gasteiger partial charge on any atom is 0.416 e. The minimum atomic E-state index is -4.33. The van der Waals surface area contributed by atoms with Crippen LogP contribution in [0.4, 0.5) is 24.7 Å². The molecule has 1 aromatic carbocycles. The lowest BCUT2D eigenvalue weighted by molar-refractivity contribution is -0.137. The Hall–Kier alpha value is -2.81. The second kappa shape index (κ2) is 10.4. The van der Waals surface area contributed by atoms with Crippen molar-refractivity contribution in [3.63, 3.8) is 0 Å². The van der Waals surface area contributed by atoms with E-state index in [0.717, 1.165) is 51.0 Å². The summed E-state index contributed by atoms with van der Waals surface area (Å²) in [6.45, 7) is 6.38. The van der Waals surface area contributed by atoms with Crippen molar-refractivity contribution >= 4 is 17.4 Å². The van der Waals surface area contributed by atoms with Crippen LogP contribution in [0.15, 0.2) is 42.6 Å². The fourth-order valence-electron chi connectivity index (χ4n) is 4.37. The second-order valence-corrected chi connectivity index (χ2v) is 8.59. The van der Waals surface area contributed by atoms with Crippen LogP contribution < -0.4 is 15.1 Å². The van der Waals surface area contributed by atoms with Crippen molar-refractivity contribution in [1.82, 2.24) is 15.2 Å². The molecule has 2 aromatic rings. The Labute approximate surface area is 192 Å². The minimum Gasteiger partial charge on any atom is -0.369 e. The first-order chi connectivity index (χ1) is 15.9. The van der Waals surface area contributed by atoms with E-state index in [2.05, 4.69) is 20.1 Å². The van der Waals surface area contributed by atoms with Gasteiger partial charge in [-0.2, -0.15) is 13.2 Å². The molecule has 0 atom stereocenters. The first-order valence-electron chi connectivity index (χ1n) is 11.5. The largest absolute Gasteiger partial charge is 0.416 e. The van der Waals surface area contributed by atoms with Gasteiger partial charge in [0.05, 0.1) is 11.1 Å². The van der Waals surface area contributed by atoms with Gasteiger partial charge in [0.25, 0.3) is 5.91 Å². The Bertz CT molecular complexity index is 920. The Morgan fingerprint density at radius 1 is 0.970 bits per heavy atom. The van der Waals surface area contributed by atoms with Gasteiger partial charge >= 0.3 is 6.18 Å². The van der Waals surface area contributed by atoms with Crippen LogP contribution in [0.5, 0.6) is 0 Å². The maximum absolute atomic E-state index is 13.0. The van der Waals surface area contributed by atoms with Crippen molar-refractivity contribution in [2.24, 2.45) is 0 Å². The SMILES string of the molecule is O=C(NCCCN1CCN(c2cccc(C(F)(F)F)c2)CC1)c1ccc(N2CCCC2)nc1. The quantitative estimate of drug-likeness (QED) is 0.638. The van der Waals surface area contributed by atoms with Crippen molar-refractivity contribution in [1.29, 1.82) is 0 Å². The Balaban J connectivity index is 1.16. The van der Waals surface area contributed by atoms with E-state index < -0.39 is 11.7 Å². The minimum absolute atomic E-state index is 0.121. The van der Waals surface area contributed by atoms with Crippen molar-refractivity contribution in [2.45, 2.75) is 25.4 Å². The van der Waals surface area contributed by atoms with E-state index in [1.165, 1.54) is 25.0 Å². The summed E-state index contributed by atoms with van der Waals surface area (Å²) in [5.41, 5.74) is 0.563. The lowest BCUT2D eigenvalue weighted by atomic mass is 10.1. The number of nitrogens with one attached hydrogen (secondary N) is 1. The molecule has 1 amide bonds. The van der Waals surface area contributed by atoms with E-state index in [1.54, 1.807) is 12.3 Å². The maximum atomic E-state index is 13.0. The zero-order chi connectivity index (χ0) is 23.3. The topological polar surface area (TPSA) is 51.7 Å². The van der Waals surface area contributed by atoms with Crippen molar-refractivity contribution < 1.29 is 18.0 Å². The van der Waals surface area contributed by atoms with Gasteiger partial charge in [-0.15, -0.1) is 0 Å². The van der Waals surface area contributed by atoms with Gasteiger partial charge in [0, 0.05) is 57.7 Å². The Morgan fingerprint density at radius 3 is 2.39 bits per heavy atom. The molecule has 0 aliphatic carbocycles. The number of carbonyl (C=O) groups is 1. The molecular formula is C24H30F3N5O. The van der Waals surface area contributed by atoms with E-state index in [0.29, 0.717) is 30.9 Å². The molecule has 0 spiro atoms. The molecule has 6 nitrogen and oxygen atoms in total. The molecule has 0 unspecified atom stereocenters. The van der Waals surface area contributed by atoms with Gasteiger partial charge < -0.3 is 15.1 Å². The fraction of sp³-hybridized carbons (Fsp3) is 0.500.